The third-order valence-electron chi connectivity index (χ3n) is 5.56. The van der Waals surface area contributed by atoms with Crippen molar-refractivity contribution < 1.29 is 9.53 Å². The molecule has 0 spiro atoms. The molecule has 5 heteroatoms. The summed E-state index contributed by atoms with van der Waals surface area (Å²) in [4.78, 5) is 15.2. The van der Waals surface area contributed by atoms with E-state index >= 15 is 0 Å². The second-order valence-electron chi connectivity index (χ2n) is 7.13. The van der Waals surface area contributed by atoms with Gasteiger partial charge in [-0.1, -0.05) is 25.0 Å². The van der Waals surface area contributed by atoms with E-state index in [-0.39, 0.29) is 18.3 Å². The van der Waals surface area contributed by atoms with Gasteiger partial charge in [-0.05, 0) is 43.0 Å². The Hall–Kier alpha value is -1.26. The lowest BCUT2D eigenvalue weighted by atomic mass is 10.0. The van der Waals surface area contributed by atoms with Crippen molar-refractivity contribution in [2.75, 3.05) is 19.7 Å². The van der Waals surface area contributed by atoms with Gasteiger partial charge >= 0.3 is 0 Å². The van der Waals surface area contributed by atoms with Gasteiger partial charge in [0.2, 0.25) is 5.91 Å². The zero-order valence-electron chi connectivity index (χ0n) is 14.1. The lowest BCUT2D eigenvalue weighted by molar-refractivity contribution is -0.138. The minimum atomic E-state index is 0. The zero-order chi connectivity index (χ0) is 15.6. The molecule has 1 amide bonds. The number of carbonyl (C=O) groups excluding carboxylic acids is 1. The molecule has 3 aliphatic rings. The number of carbonyl (C=O) groups is 1. The number of halogens is 1. The van der Waals surface area contributed by atoms with Gasteiger partial charge in [0.1, 0.15) is 5.75 Å². The topological polar surface area (TPSA) is 41.6 Å². The van der Waals surface area contributed by atoms with Crippen molar-refractivity contribution in [3.8, 4) is 5.75 Å². The zero-order valence-corrected chi connectivity index (χ0v) is 14.9. The first kappa shape index (κ1) is 17.6. The molecule has 1 aliphatic carbocycles. The minimum absolute atomic E-state index is 0. The summed E-state index contributed by atoms with van der Waals surface area (Å²) in [5.41, 5.74) is 2.55. The van der Waals surface area contributed by atoms with Gasteiger partial charge in [0.25, 0.3) is 0 Å². The summed E-state index contributed by atoms with van der Waals surface area (Å²) in [6.07, 6.45) is 6.83. The first-order valence-electron chi connectivity index (χ1n) is 9.07. The summed E-state index contributed by atoms with van der Waals surface area (Å²) >= 11 is 0. The van der Waals surface area contributed by atoms with Crippen LogP contribution in [0.2, 0.25) is 0 Å². The van der Waals surface area contributed by atoms with Crippen LogP contribution in [0.1, 0.15) is 43.2 Å². The summed E-state index contributed by atoms with van der Waals surface area (Å²) in [7, 11) is 0. The lowest BCUT2D eigenvalue weighted by Crippen LogP contribution is -2.42. The Kier molecular flexibility index (Phi) is 5.67. The molecule has 0 aromatic heterocycles. The number of rotatable bonds is 4. The Morgan fingerprint density at radius 2 is 2.08 bits per heavy atom. The van der Waals surface area contributed by atoms with E-state index < -0.39 is 0 Å². The van der Waals surface area contributed by atoms with Crippen molar-refractivity contribution in [3.05, 3.63) is 29.3 Å². The molecular weight excluding hydrogens is 324 g/mol. The highest BCUT2D eigenvalue weighted by Crippen LogP contribution is 2.30. The number of hydrogen-bond donors (Lipinski definition) is 1. The van der Waals surface area contributed by atoms with Crippen LogP contribution in [-0.2, 0) is 17.8 Å². The monoisotopic (exact) mass is 350 g/mol. The van der Waals surface area contributed by atoms with E-state index in [4.69, 9.17) is 4.74 Å². The van der Waals surface area contributed by atoms with E-state index in [0.29, 0.717) is 11.9 Å². The maximum Gasteiger partial charge on any atom is 0.227 e. The molecule has 1 N–H and O–H groups in total. The van der Waals surface area contributed by atoms with Gasteiger partial charge in [-0.25, -0.2) is 0 Å². The number of fused-ring (bicyclic) bond motifs is 1. The first-order chi connectivity index (χ1) is 11.3. The summed E-state index contributed by atoms with van der Waals surface area (Å²) in [5, 5.41) is 3.33. The molecule has 0 bridgehead atoms. The van der Waals surface area contributed by atoms with Crippen molar-refractivity contribution >= 4 is 18.3 Å². The van der Waals surface area contributed by atoms with Gasteiger partial charge in [-0.3, -0.25) is 4.79 Å². The van der Waals surface area contributed by atoms with Crippen LogP contribution in [0.3, 0.4) is 0 Å². The first-order valence-corrected chi connectivity index (χ1v) is 9.07. The Morgan fingerprint density at radius 3 is 2.83 bits per heavy atom. The highest BCUT2D eigenvalue weighted by molar-refractivity contribution is 5.85. The molecule has 24 heavy (non-hydrogen) atoms. The van der Waals surface area contributed by atoms with Gasteiger partial charge in [-0.15, -0.1) is 12.4 Å². The lowest BCUT2D eigenvalue weighted by Gasteiger charge is -2.31. The normalized spacial score (nSPS) is 22.8. The second-order valence-corrected chi connectivity index (χ2v) is 7.13. The predicted octanol–water partition coefficient (Wildman–Crippen LogP) is 2.92. The van der Waals surface area contributed by atoms with Crippen LogP contribution in [0, 0.1) is 5.92 Å². The Bertz CT molecular complexity index is 581. The number of nitrogens with zero attached hydrogens (tertiary/aromatic N) is 1. The number of ether oxygens (including phenoxy) is 1. The van der Waals surface area contributed by atoms with E-state index in [1.54, 1.807) is 0 Å². The average Bonchev–Trinajstić information content (AvgIpc) is 3.33. The highest BCUT2D eigenvalue weighted by Gasteiger charge is 2.32. The van der Waals surface area contributed by atoms with E-state index in [2.05, 4.69) is 28.4 Å². The molecule has 1 aromatic rings. The molecule has 1 saturated carbocycles. The molecule has 1 atom stereocenters. The van der Waals surface area contributed by atoms with Crippen molar-refractivity contribution in [1.29, 1.82) is 0 Å². The molecule has 1 saturated heterocycles. The highest BCUT2D eigenvalue weighted by atomic mass is 35.5. The van der Waals surface area contributed by atoms with Gasteiger partial charge in [0.15, 0.2) is 0 Å². The van der Waals surface area contributed by atoms with Crippen LogP contribution in [0.4, 0.5) is 0 Å². The third kappa shape index (κ3) is 3.55. The summed E-state index contributed by atoms with van der Waals surface area (Å²) in [6.45, 7) is 3.37. The number of hydrogen-bond acceptors (Lipinski definition) is 3. The maximum absolute atomic E-state index is 13.0. The van der Waals surface area contributed by atoms with Crippen molar-refractivity contribution in [3.63, 3.8) is 0 Å². The van der Waals surface area contributed by atoms with Crippen LogP contribution >= 0.6 is 12.4 Å². The van der Waals surface area contributed by atoms with E-state index in [9.17, 15) is 4.79 Å². The Morgan fingerprint density at radius 1 is 1.25 bits per heavy atom. The largest absolute Gasteiger partial charge is 0.493 e. The van der Waals surface area contributed by atoms with Gasteiger partial charge in [0.05, 0.1) is 12.5 Å². The molecule has 1 unspecified atom stereocenters. The number of benzene rings is 1. The predicted molar refractivity (Wildman–Crippen MR) is 96.7 cm³/mol. The molecular formula is C19H27ClN2O2. The van der Waals surface area contributed by atoms with Crippen LogP contribution < -0.4 is 10.1 Å². The quantitative estimate of drug-likeness (QED) is 0.907. The fraction of sp³-hybridized carbons (Fsp3) is 0.632. The Labute approximate surface area is 150 Å². The van der Waals surface area contributed by atoms with E-state index in [1.807, 2.05) is 0 Å². The number of amides is 1. The van der Waals surface area contributed by atoms with Crippen LogP contribution in [-0.4, -0.2) is 36.5 Å². The van der Waals surface area contributed by atoms with E-state index in [0.717, 1.165) is 44.8 Å². The molecule has 1 aromatic carbocycles. The van der Waals surface area contributed by atoms with Gasteiger partial charge in [-0.2, -0.15) is 0 Å². The van der Waals surface area contributed by atoms with Crippen molar-refractivity contribution in [2.45, 2.75) is 51.1 Å². The fourth-order valence-corrected chi connectivity index (χ4v) is 4.24. The molecule has 2 fully saturated rings. The summed E-state index contributed by atoms with van der Waals surface area (Å²) in [5.74, 6) is 1.56. The molecule has 0 radical (unpaired) electrons. The molecule has 4 rings (SSSR count). The number of nitrogens with one attached hydrogen (secondary N) is 1. The maximum atomic E-state index is 13.0. The summed E-state index contributed by atoms with van der Waals surface area (Å²) in [6, 6.07) is 6.88. The molecule has 2 heterocycles. The SMILES string of the molecule is Cl.O=C(C1CCNC1)N(Cc1ccc2c(c1)CCO2)C1CCCC1. The molecule has 4 nitrogen and oxygen atoms in total. The molecule has 132 valence electrons. The third-order valence-corrected chi connectivity index (χ3v) is 5.56. The Balaban J connectivity index is 0.00000169. The smallest absolute Gasteiger partial charge is 0.227 e. The summed E-state index contributed by atoms with van der Waals surface area (Å²) < 4.78 is 5.60. The van der Waals surface area contributed by atoms with Gasteiger partial charge < -0.3 is 15.0 Å². The van der Waals surface area contributed by atoms with Crippen molar-refractivity contribution in [1.82, 2.24) is 10.2 Å². The standard InChI is InChI=1S/C19H26N2O2.ClH/c22-19(16-7-9-20-12-16)21(17-3-1-2-4-17)13-14-5-6-18-15(11-14)8-10-23-18;/h5-6,11,16-17,20H,1-4,7-10,12-13H2;1H. The van der Waals surface area contributed by atoms with E-state index in [1.165, 1.54) is 36.8 Å². The van der Waals surface area contributed by atoms with Crippen LogP contribution in [0.5, 0.6) is 5.75 Å². The van der Waals surface area contributed by atoms with Gasteiger partial charge in [0, 0.05) is 25.6 Å². The second kappa shape index (κ2) is 7.75. The van der Waals surface area contributed by atoms with Crippen LogP contribution in [0.15, 0.2) is 18.2 Å². The minimum Gasteiger partial charge on any atom is -0.493 e. The van der Waals surface area contributed by atoms with Crippen LogP contribution in [0.25, 0.3) is 0 Å². The fourth-order valence-electron chi connectivity index (χ4n) is 4.24. The molecule has 2 aliphatic heterocycles. The average molecular weight is 351 g/mol. The van der Waals surface area contributed by atoms with Crippen molar-refractivity contribution in [2.24, 2.45) is 5.92 Å².